The van der Waals surface area contributed by atoms with E-state index in [4.69, 9.17) is 0 Å². The van der Waals surface area contributed by atoms with E-state index in [9.17, 15) is 9.90 Å². The zero-order valence-electron chi connectivity index (χ0n) is 9.47. The first-order valence-electron chi connectivity index (χ1n) is 6.00. The maximum Gasteiger partial charge on any atom is 0.352 e. The summed E-state index contributed by atoms with van der Waals surface area (Å²) < 4.78 is 2.76. The first-order valence-corrected chi connectivity index (χ1v) is 6.79. The van der Waals surface area contributed by atoms with Crippen LogP contribution in [0.2, 0.25) is 0 Å². The number of likely N-dealkylation sites (tertiary alicyclic amines) is 1. The number of nitrogens with zero attached hydrogens (tertiary/aromatic N) is 2. The van der Waals surface area contributed by atoms with Crippen LogP contribution in [0, 0.1) is 0 Å². The molecule has 0 spiro atoms. The number of aromatic carboxylic acids is 1. The van der Waals surface area contributed by atoms with Crippen LogP contribution >= 0.6 is 15.9 Å². The molecular formula is C12H15BrN2O2. The molecule has 5 heteroatoms. The van der Waals surface area contributed by atoms with Crippen molar-refractivity contribution in [1.29, 1.82) is 0 Å². The van der Waals surface area contributed by atoms with Gasteiger partial charge in [0.2, 0.25) is 0 Å². The van der Waals surface area contributed by atoms with E-state index in [0.717, 1.165) is 30.0 Å². The Labute approximate surface area is 108 Å². The highest BCUT2D eigenvalue weighted by atomic mass is 79.9. The van der Waals surface area contributed by atoms with Gasteiger partial charge in [0.15, 0.2) is 0 Å². The van der Waals surface area contributed by atoms with Crippen molar-refractivity contribution in [1.82, 2.24) is 9.47 Å². The predicted octanol–water partition coefficient (Wildman–Crippen LogP) is 2.36. The molecular weight excluding hydrogens is 284 g/mol. The van der Waals surface area contributed by atoms with Crippen LogP contribution in [0.15, 0.2) is 16.7 Å². The Morgan fingerprint density at radius 2 is 2.12 bits per heavy atom. The van der Waals surface area contributed by atoms with E-state index < -0.39 is 5.97 Å². The van der Waals surface area contributed by atoms with Crippen molar-refractivity contribution in [2.24, 2.45) is 0 Å². The molecule has 2 fully saturated rings. The normalized spacial score (nSPS) is 25.4. The molecule has 17 heavy (non-hydrogen) atoms. The maximum atomic E-state index is 11.2. The van der Waals surface area contributed by atoms with Crippen LogP contribution in [0.4, 0.5) is 0 Å². The Morgan fingerprint density at radius 3 is 2.76 bits per heavy atom. The Hall–Kier alpha value is -0.810. The van der Waals surface area contributed by atoms with E-state index in [-0.39, 0.29) is 0 Å². The number of rotatable bonds is 3. The zero-order chi connectivity index (χ0) is 12.0. The van der Waals surface area contributed by atoms with Crippen LogP contribution in [-0.4, -0.2) is 39.7 Å². The molecule has 0 amide bonds. The van der Waals surface area contributed by atoms with Crippen molar-refractivity contribution in [3.8, 4) is 0 Å². The zero-order valence-corrected chi connectivity index (χ0v) is 11.1. The SMILES string of the molecule is O=C(O)c1cc(Br)cn1C1CCN(C2CC2)C1. The molecule has 2 heterocycles. The van der Waals surface area contributed by atoms with E-state index in [1.54, 1.807) is 6.07 Å². The van der Waals surface area contributed by atoms with Crippen molar-refractivity contribution in [3.05, 3.63) is 22.4 Å². The van der Waals surface area contributed by atoms with Gasteiger partial charge in [-0.1, -0.05) is 0 Å². The predicted molar refractivity (Wildman–Crippen MR) is 67.3 cm³/mol. The smallest absolute Gasteiger partial charge is 0.352 e. The van der Waals surface area contributed by atoms with Crippen LogP contribution in [0.1, 0.15) is 35.8 Å². The lowest BCUT2D eigenvalue weighted by Gasteiger charge is -2.17. The number of carboxylic acid groups (broad SMARTS) is 1. The highest BCUT2D eigenvalue weighted by Gasteiger charge is 2.35. The maximum absolute atomic E-state index is 11.2. The molecule has 92 valence electrons. The highest BCUT2D eigenvalue weighted by molar-refractivity contribution is 9.10. The Morgan fingerprint density at radius 1 is 1.35 bits per heavy atom. The third-order valence-electron chi connectivity index (χ3n) is 3.69. The van der Waals surface area contributed by atoms with Crippen LogP contribution < -0.4 is 0 Å². The quantitative estimate of drug-likeness (QED) is 0.932. The molecule has 1 aliphatic carbocycles. The monoisotopic (exact) mass is 298 g/mol. The minimum absolute atomic E-state index is 0.313. The molecule has 1 saturated carbocycles. The van der Waals surface area contributed by atoms with E-state index in [0.29, 0.717) is 11.7 Å². The average Bonchev–Trinajstić information content (AvgIpc) is 2.88. The van der Waals surface area contributed by atoms with Crippen LogP contribution in [0.5, 0.6) is 0 Å². The number of halogens is 1. The minimum Gasteiger partial charge on any atom is -0.477 e. The lowest BCUT2D eigenvalue weighted by molar-refractivity contribution is 0.0682. The second-order valence-electron chi connectivity index (χ2n) is 4.92. The summed E-state index contributed by atoms with van der Waals surface area (Å²) in [7, 11) is 0. The summed E-state index contributed by atoms with van der Waals surface area (Å²) in [6.07, 6.45) is 5.57. The largest absolute Gasteiger partial charge is 0.477 e. The van der Waals surface area contributed by atoms with Crippen molar-refractivity contribution in [2.75, 3.05) is 13.1 Å². The van der Waals surface area contributed by atoms with Gasteiger partial charge in [-0.2, -0.15) is 0 Å². The molecule has 1 N–H and O–H groups in total. The summed E-state index contributed by atoms with van der Waals surface area (Å²) in [5, 5.41) is 9.17. The Kier molecular flexibility index (Phi) is 2.75. The lowest BCUT2D eigenvalue weighted by Crippen LogP contribution is -2.24. The number of carboxylic acids is 1. The van der Waals surface area contributed by atoms with Crippen LogP contribution in [0.25, 0.3) is 0 Å². The summed E-state index contributed by atoms with van der Waals surface area (Å²) in [5.41, 5.74) is 0.388. The van der Waals surface area contributed by atoms with Crippen molar-refractivity contribution < 1.29 is 9.90 Å². The summed E-state index contributed by atoms with van der Waals surface area (Å²) >= 11 is 3.36. The first kappa shape index (κ1) is 11.3. The van der Waals surface area contributed by atoms with Gasteiger partial charge in [-0.05, 0) is 41.3 Å². The van der Waals surface area contributed by atoms with Gasteiger partial charge in [0, 0.05) is 35.8 Å². The fourth-order valence-electron chi connectivity index (χ4n) is 2.69. The second-order valence-corrected chi connectivity index (χ2v) is 5.84. The molecule has 0 radical (unpaired) electrons. The van der Waals surface area contributed by atoms with Crippen molar-refractivity contribution >= 4 is 21.9 Å². The number of hydrogen-bond acceptors (Lipinski definition) is 2. The molecule has 1 saturated heterocycles. The summed E-state index contributed by atoms with van der Waals surface area (Å²) in [6.45, 7) is 2.09. The molecule has 1 atom stereocenters. The van der Waals surface area contributed by atoms with Gasteiger partial charge in [-0.25, -0.2) is 4.79 Å². The molecule has 3 rings (SSSR count). The third-order valence-corrected chi connectivity index (χ3v) is 4.12. The Balaban J connectivity index is 1.81. The average molecular weight is 299 g/mol. The fourth-order valence-corrected chi connectivity index (χ4v) is 3.12. The van der Waals surface area contributed by atoms with Gasteiger partial charge in [0.1, 0.15) is 5.69 Å². The van der Waals surface area contributed by atoms with Gasteiger partial charge in [-0.3, -0.25) is 4.90 Å². The Bertz CT molecular complexity index is 453. The molecule has 1 aliphatic heterocycles. The first-order chi connectivity index (χ1) is 8.15. The second kappa shape index (κ2) is 4.14. The number of carbonyl (C=O) groups is 1. The molecule has 1 aromatic rings. The molecule has 1 aromatic heterocycles. The fraction of sp³-hybridized carbons (Fsp3) is 0.583. The highest BCUT2D eigenvalue weighted by Crippen LogP contribution is 2.34. The van der Waals surface area contributed by atoms with Gasteiger partial charge in [-0.15, -0.1) is 0 Å². The van der Waals surface area contributed by atoms with Crippen LogP contribution in [0.3, 0.4) is 0 Å². The third kappa shape index (κ3) is 2.13. The van der Waals surface area contributed by atoms with Crippen molar-refractivity contribution in [3.63, 3.8) is 0 Å². The van der Waals surface area contributed by atoms with E-state index in [1.165, 1.54) is 12.8 Å². The van der Waals surface area contributed by atoms with Gasteiger partial charge < -0.3 is 9.67 Å². The number of hydrogen-bond donors (Lipinski definition) is 1. The standard InChI is InChI=1S/C12H15BrN2O2/c13-8-5-11(12(16)17)15(6-8)10-3-4-14(7-10)9-1-2-9/h5-6,9-10H,1-4,7H2,(H,16,17). The minimum atomic E-state index is -0.847. The van der Waals surface area contributed by atoms with Crippen molar-refractivity contribution in [2.45, 2.75) is 31.3 Å². The van der Waals surface area contributed by atoms with E-state index in [2.05, 4.69) is 20.8 Å². The van der Waals surface area contributed by atoms with Crippen LogP contribution in [-0.2, 0) is 0 Å². The molecule has 1 unspecified atom stereocenters. The molecule has 0 aromatic carbocycles. The number of aromatic nitrogens is 1. The lowest BCUT2D eigenvalue weighted by atomic mass is 10.2. The van der Waals surface area contributed by atoms with Gasteiger partial charge in [0.25, 0.3) is 0 Å². The molecule has 4 nitrogen and oxygen atoms in total. The summed E-state index contributed by atoms with van der Waals surface area (Å²) in [5.74, 6) is -0.847. The molecule has 2 aliphatic rings. The summed E-state index contributed by atoms with van der Waals surface area (Å²) in [4.78, 5) is 13.7. The summed E-state index contributed by atoms with van der Waals surface area (Å²) in [6, 6.07) is 2.77. The van der Waals surface area contributed by atoms with Gasteiger partial charge >= 0.3 is 5.97 Å². The van der Waals surface area contributed by atoms with Gasteiger partial charge in [0.05, 0.1) is 0 Å². The van der Waals surface area contributed by atoms with E-state index in [1.807, 2.05) is 10.8 Å². The molecule has 0 bridgehead atoms. The van der Waals surface area contributed by atoms with E-state index >= 15 is 0 Å². The topological polar surface area (TPSA) is 45.5 Å².